The summed E-state index contributed by atoms with van der Waals surface area (Å²) < 4.78 is 0. The maximum absolute atomic E-state index is 12.2. The summed E-state index contributed by atoms with van der Waals surface area (Å²) in [7, 11) is 0. The molecule has 2 N–H and O–H groups in total. The summed E-state index contributed by atoms with van der Waals surface area (Å²) in [5.74, 6) is -0.807. The number of rotatable bonds is 6. The molecule has 1 aliphatic carbocycles. The van der Waals surface area contributed by atoms with Gasteiger partial charge in [-0.3, -0.25) is 4.79 Å². The van der Waals surface area contributed by atoms with Gasteiger partial charge in [0.1, 0.15) is 0 Å². The smallest absolute Gasteiger partial charge is 0.317 e. The summed E-state index contributed by atoms with van der Waals surface area (Å²) in [5, 5.41) is 20.5. The fraction of sp³-hybridized carbons (Fsp3) is 0.786. The molecule has 6 nitrogen and oxygen atoms in total. The molecule has 0 bridgehead atoms. The molecular weight excluding hydrogens is 258 g/mol. The van der Waals surface area contributed by atoms with Crippen LogP contribution < -0.4 is 5.32 Å². The summed E-state index contributed by atoms with van der Waals surface area (Å²) >= 11 is 0. The molecule has 0 radical (unpaired) electrons. The van der Waals surface area contributed by atoms with E-state index in [1.54, 1.807) is 4.90 Å². The van der Waals surface area contributed by atoms with E-state index in [-0.39, 0.29) is 18.0 Å². The molecule has 6 heteroatoms. The molecule has 0 unspecified atom stereocenters. The van der Waals surface area contributed by atoms with Crippen LogP contribution in [0.2, 0.25) is 0 Å². The van der Waals surface area contributed by atoms with E-state index >= 15 is 0 Å². The first-order valence-corrected chi connectivity index (χ1v) is 7.09. The zero-order chi connectivity index (χ0) is 15.1. The molecular formula is C14H23N3O3. The summed E-state index contributed by atoms with van der Waals surface area (Å²) in [6.07, 6.45) is 2.12. The summed E-state index contributed by atoms with van der Waals surface area (Å²) in [6.45, 7) is 5.05. The quantitative estimate of drug-likeness (QED) is 0.776. The highest BCUT2D eigenvalue weighted by Crippen LogP contribution is 2.25. The fourth-order valence-electron chi connectivity index (χ4n) is 2.50. The van der Waals surface area contributed by atoms with Crippen molar-refractivity contribution in [2.75, 3.05) is 13.1 Å². The Hall–Kier alpha value is -1.77. The van der Waals surface area contributed by atoms with Crippen molar-refractivity contribution in [2.24, 2.45) is 11.8 Å². The maximum Gasteiger partial charge on any atom is 0.317 e. The lowest BCUT2D eigenvalue weighted by atomic mass is 10.1. The van der Waals surface area contributed by atoms with Gasteiger partial charge >= 0.3 is 12.0 Å². The van der Waals surface area contributed by atoms with Crippen LogP contribution in [0.25, 0.3) is 0 Å². The number of carboxylic acids is 1. The van der Waals surface area contributed by atoms with Crippen molar-refractivity contribution in [3.8, 4) is 6.07 Å². The highest BCUT2D eigenvalue weighted by Gasteiger charge is 2.31. The second kappa shape index (κ2) is 7.73. The minimum absolute atomic E-state index is 0.0691. The van der Waals surface area contributed by atoms with Crippen LogP contribution in [0.1, 0.15) is 39.5 Å². The molecule has 0 aromatic rings. The van der Waals surface area contributed by atoms with Crippen LogP contribution in [0, 0.1) is 23.2 Å². The number of aliphatic carboxylic acids is 1. The van der Waals surface area contributed by atoms with Gasteiger partial charge in [-0.15, -0.1) is 0 Å². The molecule has 0 aliphatic heterocycles. The SMILES string of the molecule is CC(C)CN(CCC#N)C(=O)N[C@H]1CC[C@@H](C(=O)O)C1. The molecule has 1 saturated carbocycles. The first-order chi connectivity index (χ1) is 9.43. The predicted octanol–water partition coefficient (Wildman–Crippen LogP) is 1.82. The second-order valence-corrected chi connectivity index (χ2v) is 5.74. The Morgan fingerprint density at radius 3 is 2.65 bits per heavy atom. The zero-order valence-electron chi connectivity index (χ0n) is 12.1. The van der Waals surface area contributed by atoms with Crippen molar-refractivity contribution in [1.29, 1.82) is 5.26 Å². The number of hydrogen-bond donors (Lipinski definition) is 2. The van der Waals surface area contributed by atoms with Crippen LogP contribution in [0.15, 0.2) is 0 Å². The Bertz CT molecular complexity index is 390. The van der Waals surface area contributed by atoms with E-state index in [2.05, 4.69) is 5.32 Å². The number of amides is 2. The number of nitriles is 1. The first-order valence-electron chi connectivity index (χ1n) is 7.09. The number of carbonyl (C=O) groups is 2. The number of nitrogens with one attached hydrogen (secondary N) is 1. The fourth-order valence-corrected chi connectivity index (χ4v) is 2.50. The minimum atomic E-state index is -0.787. The Labute approximate surface area is 119 Å². The third-order valence-electron chi connectivity index (χ3n) is 3.48. The molecule has 20 heavy (non-hydrogen) atoms. The van der Waals surface area contributed by atoms with Gasteiger partial charge < -0.3 is 15.3 Å². The minimum Gasteiger partial charge on any atom is -0.481 e. The topological polar surface area (TPSA) is 93.4 Å². The van der Waals surface area contributed by atoms with Gasteiger partial charge in [0, 0.05) is 19.1 Å². The summed E-state index contributed by atoms with van der Waals surface area (Å²) in [4.78, 5) is 24.7. The lowest BCUT2D eigenvalue weighted by Crippen LogP contribution is -2.46. The molecule has 112 valence electrons. The molecule has 0 heterocycles. The average molecular weight is 281 g/mol. The number of carboxylic acid groups (broad SMARTS) is 1. The molecule has 2 atom stereocenters. The summed E-state index contributed by atoms with van der Waals surface area (Å²) in [5.41, 5.74) is 0. The van der Waals surface area contributed by atoms with E-state index in [0.29, 0.717) is 44.7 Å². The second-order valence-electron chi connectivity index (χ2n) is 5.74. The van der Waals surface area contributed by atoms with E-state index in [0.717, 1.165) is 0 Å². The van der Waals surface area contributed by atoms with E-state index in [9.17, 15) is 9.59 Å². The van der Waals surface area contributed by atoms with Gasteiger partial charge in [-0.05, 0) is 25.2 Å². The van der Waals surface area contributed by atoms with Crippen molar-refractivity contribution in [1.82, 2.24) is 10.2 Å². The Morgan fingerprint density at radius 1 is 1.45 bits per heavy atom. The standard InChI is InChI=1S/C14H23N3O3/c1-10(2)9-17(7-3-6-15)14(20)16-12-5-4-11(8-12)13(18)19/h10-12H,3-5,7-9H2,1-2H3,(H,16,20)(H,18,19)/t11-,12+/m1/s1. The number of hydrogen-bond acceptors (Lipinski definition) is 3. The van der Waals surface area contributed by atoms with Gasteiger partial charge in [-0.1, -0.05) is 13.8 Å². The highest BCUT2D eigenvalue weighted by atomic mass is 16.4. The van der Waals surface area contributed by atoms with Crippen LogP contribution >= 0.6 is 0 Å². The maximum atomic E-state index is 12.2. The first kappa shape index (κ1) is 16.3. The van der Waals surface area contributed by atoms with Crippen molar-refractivity contribution >= 4 is 12.0 Å². The molecule has 2 amide bonds. The number of nitrogens with zero attached hydrogens (tertiary/aromatic N) is 2. The number of carbonyl (C=O) groups excluding carboxylic acids is 1. The van der Waals surface area contributed by atoms with E-state index in [1.165, 1.54) is 0 Å². The van der Waals surface area contributed by atoms with Gasteiger partial charge in [-0.25, -0.2) is 4.79 Å². The Kier molecular flexibility index (Phi) is 6.29. The van der Waals surface area contributed by atoms with E-state index < -0.39 is 5.97 Å². The zero-order valence-corrected chi connectivity index (χ0v) is 12.1. The van der Waals surface area contributed by atoms with Gasteiger partial charge in [0.05, 0.1) is 18.4 Å². The third-order valence-corrected chi connectivity index (χ3v) is 3.48. The highest BCUT2D eigenvalue weighted by molar-refractivity contribution is 5.75. The molecule has 1 aliphatic rings. The van der Waals surface area contributed by atoms with Crippen molar-refractivity contribution in [3.63, 3.8) is 0 Å². The van der Waals surface area contributed by atoms with Gasteiger partial charge in [-0.2, -0.15) is 5.26 Å². The van der Waals surface area contributed by atoms with Crippen LogP contribution in [0.3, 0.4) is 0 Å². The van der Waals surface area contributed by atoms with Crippen molar-refractivity contribution < 1.29 is 14.7 Å². The van der Waals surface area contributed by atoms with Crippen LogP contribution in [-0.4, -0.2) is 41.1 Å². The van der Waals surface area contributed by atoms with E-state index in [1.807, 2.05) is 19.9 Å². The van der Waals surface area contributed by atoms with E-state index in [4.69, 9.17) is 10.4 Å². The molecule has 0 spiro atoms. The van der Waals surface area contributed by atoms with Crippen molar-refractivity contribution in [2.45, 2.75) is 45.6 Å². The largest absolute Gasteiger partial charge is 0.481 e. The lowest BCUT2D eigenvalue weighted by molar-refractivity contribution is -0.141. The molecule has 0 aromatic heterocycles. The molecule has 1 fully saturated rings. The lowest BCUT2D eigenvalue weighted by Gasteiger charge is -2.26. The predicted molar refractivity (Wildman–Crippen MR) is 73.9 cm³/mol. The van der Waals surface area contributed by atoms with Crippen LogP contribution in [-0.2, 0) is 4.79 Å². The van der Waals surface area contributed by atoms with Gasteiger partial charge in [0.15, 0.2) is 0 Å². The molecule has 1 rings (SSSR count). The normalized spacial score (nSPS) is 21.5. The Balaban J connectivity index is 2.49. The monoisotopic (exact) mass is 281 g/mol. The van der Waals surface area contributed by atoms with Crippen molar-refractivity contribution in [3.05, 3.63) is 0 Å². The van der Waals surface area contributed by atoms with Crippen LogP contribution in [0.4, 0.5) is 4.79 Å². The average Bonchev–Trinajstić information content (AvgIpc) is 2.82. The van der Waals surface area contributed by atoms with Gasteiger partial charge in [0.25, 0.3) is 0 Å². The third kappa shape index (κ3) is 5.08. The van der Waals surface area contributed by atoms with Crippen LogP contribution in [0.5, 0.6) is 0 Å². The number of urea groups is 1. The Morgan fingerprint density at radius 2 is 2.15 bits per heavy atom. The molecule has 0 saturated heterocycles. The summed E-state index contributed by atoms with van der Waals surface area (Å²) in [6, 6.07) is 1.78. The van der Waals surface area contributed by atoms with Gasteiger partial charge in [0.2, 0.25) is 0 Å². The molecule has 0 aromatic carbocycles.